The van der Waals surface area contributed by atoms with Gasteiger partial charge >= 0.3 is 5.97 Å². The molecule has 0 saturated carbocycles. The Morgan fingerprint density at radius 3 is 2.69 bits per heavy atom. The van der Waals surface area contributed by atoms with Gasteiger partial charge in [-0.2, -0.15) is 8.42 Å². The van der Waals surface area contributed by atoms with Crippen molar-refractivity contribution in [2.24, 2.45) is 5.92 Å². The summed E-state index contributed by atoms with van der Waals surface area (Å²) in [6.07, 6.45) is 2.03. The molecule has 1 aliphatic carbocycles. The molecule has 0 fully saturated rings. The average Bonchev–Trinajstić information content (AvgIpc) is 3.47. The third kappa shape index (κ3) is 5.19. The van der Waals surface area contributed by atoms with Crippen LogP contribution in [0, 0.1) is 12.8 Å². The van der Waals surface area contributed by atoms with Crippen molar-refractivity contribution in [3.8, 4) is 5.75 Å². The van der Waals surface area contributed by atoms with Crippen LogP contribution in [0.2, 0.25) is 0 Å². The highest BCUT2D eigenvalue weighted by Gasteiger charge is 2.33. The first kappa shape index (κ1) is 25.2. The van der Waals surface area contributed by atoms with Gasteiger partial charge < -0.3 is 14.9 Å². The summed E-state index contributed by atoms with van der Waals surface area (Å²) in [5.74, 6) is -0.598. The quantitative estimate of drug-likeness (QED) is 0.428. The first-order valence-corrected chi connectivity index (χ1v) is 13.6. The number of hydrogen-bond donors (Lipinski definition) is 2. The molecule has 186 valence electrons. The molecule has 1 aliphatic rings. The monoisotopic (exact) mass is 516 g/mol. The maximum Gasteiger partial charge on any atom is 0.335 e. The first-order valence-electron chi connectivity index (χ1n) is 11.3. The van der Waals surface area contributed by atoms with Gasteiger partial charge in [0.05, 0.1) is 17.4 Å². The summed E-state index contributed by atoms with van der Waals surface area (Å²) >= 11 is 1.05. The van der Waals surface area contributed by atoms with Crippen LogP contribution in [0.1, 0.15) is 59.0 Å². The Labute approximate surface area is 208 Å². The molecule has 0 spiro atoms. The van der Waals surface area contributed by atoms with Crippen molar-refractivity contribution >= 4 is 33.0 Å². The SMILES string of the molecule is Cc1cc(C(=O)O)ccc1COc1cc2c(cc1N(CC(C)C)S(=O)(=O)c1nccs1)C(O)CC2. The van der Waals surface area contributed by atoms with Gasteiger partial charge in [-0.15, -0.1) is 11.3 Å². The number of aromatic carboxylic acids is 1. The van der Waals surface area contributed by atoms with E-state index in [1.54, 1.807) is 23.6 Å². The Bertz CT molecular complexity index is 1340. The van der Waals surface area contributed by atoms with Gasteiger partial charge in [0.2, 0.25) is 4.34 Å². The van der Waals surface area contributed by atoms with Crippen molar-refractivity contribution in [3.05, 3.63) is 69.7 Å². The van der Waals surface area contributed by atoms with Gasteiger partial charge in [-0.1, -0.05) is 19.9 Å². The second-order valence-corrected chi connectivity index (χ2v) is 12.0. The smallest absolute Gasteiger partial charge is 0.335 e. The van der Waals surface area contributed by atoms with Crippen molar-refractivity contribution in [3.63, 3.8) is 0 Å². The molecule has 35 heavy (non-hydrogen) atoms. The van der Waals surface area contributed by atoms with E-state index >= 15 is 0 Å². The number of nitrogens with zero attached hydrogens (tertiary/aromatic N) is 2. The number of anilines is 1. The number of rotatable bonds is 9. The molecule has 0 amide bonds. The van der Waals surface area contributed by atoms with Gasteiger partial charge in [0.15, 0.2) is 0 Å². The maximum atomic E-state index is 13.6. The topological polar surface area (TPSA) is 117 Å². The molecule has 8 nitrogen and oxygen atoms in total. The highest BCUT2D eigenvalue weighted by Crippen LogP contribution is 2.42. The maximum absolute atomic E-state index is 13.6. The molecule has 0 bridgehead atoms. The fraction of sp³-hybridized carbons (Fsp3) is 0.360. The standard InChI is InChI=1S/C25H28N2O6S2/c1-15(2)13-27(35(31,32)25-26-8-9-34-25)21-12-20-17(6-7-22(20)28)11-23(21)33-14-19-5-4-18(24(29)30)10-16(19)3/h4-5,8-12,15,22,28H,6-7,13-14H2,1-3H3,(H,29,30). The lowest BCUT2D eigenvalue weighted by Gasteiger charge is -2.28. The molecule has 2 N–H and O–H groups in total. The van der Waals surface area contributed by atoms with Crippen molar-refractivity contribution in [2.45, 2.75) is 50.7 Å². The summed E-state index contributed by atoms with van der Waals surface area (Å²) < 4.78 is 34.7. The van der Waals surface area contributed by atoms with E-state index in [2.05, 4.69) is 4.98 Å². The molecule has 1 unspecified atom stereocenters. The second kappa shape index (κ2) is 9.96. The number of aliphatic hydroxyl groups is 1. The Balaban J connectivity index is 1.77. The lowest BCUT2D eigenvalue weighted by molar-refractivity contribution is 0.0696. The van der Waals surface area contributed by atoms with Gasteiger partial charge in [-0.25, -0.2) is 9.78 Å². The summed E-state index contributed by atoms with van der Waals surface area (Å²) in [4.78, 5) is 15.3. The van der Waals surface area contributed by atoms with Crippen LogP contribution in [0.25, 0.3) is 0 Å². The number of hydrogen-bond acceptors (Lipinski definition) is 7. The molecular weight excluding hydrogens is 488 g/mol. The Morgan fingerprint density at radius 2 is 2.06 bits per heavy atom. The Hall–Kier alpha value is -2.95. The van der Waals surface area contributed by atoms with Crippen LogP contribution in [-0.4, -0.2) is 36.1 Å². The molecule has 1 heterocycles. The largest absolute Gasteiger partial charge is 0.487 e. The number of carboxylic acids is 1. The minimum Gasteiger partial charge on any atom is -0.487 e. The lowest BCUT2D eigenvalue weighted by Crippen LogP contribution is -2.34. The average molecular weight is 517 g/mol. The van der Waals surface area contributed by atoms with Gasteiger partial charge in [-0.3, -0.25) is 4.31 Å². The third-order valence-corrected chi connectivity index (χ3v) is 8.92. The van der Waals surface area contributed by atoms with Crippen LogP contribution in [0.3, 0.4) is 0 Å². The molecule has 3 aromatic rings. The number of benzene rings is 2. The molecule has 1 atom stereocenters. The molecule has 0 radical (unpaired) electrons. The van der Waals surface area contributed by atoms with Crippen molar-refractivity contribution in [1.29, 1.82) is 0 Å². The van der Waals surface area contributed by atoms with Crippen LogP contribution in [0.4, 0.5) is 5.69 Å². The van der Waals surface area contributed by atoms with E-state index < -0.39 is 22.1 Å². The molecule has 1 aromatic heterocycles. The normalized spacial score (nSPS) is 15.3. The number of thiazole rings is 1. The number of aryl methyl sites for hydroxylation is 2. The predicted molar refractivity (Wildman–Crippen MR) is 134 cm³/mol. The van der Waals surface area contributed by atoms with Gasteiger partial charge in [0, 0.05) is 18.1 Å². The molecule has 0 aliphatic heterocycles. The highest BCUT2D eigenvalue weighted by molar-refractivity contribution is 7.94. The number of aromatic nitrogens is 1. The number of ether oxygens (including phenoxy) is 1. The lowest BCUT2D eigenvalue weighted by atomic mass is 10.1. The summed E-state index contributed by atoms with van der Waals surface area (Å²) in [6, 6.07) is 8.33. The van der Waals surface area contributed by atoms with Crippen molar-refractivity contribution in [1.82, 2.24) is 4.98 Å². The van der Waals surface area contributed by atoms with Gasteiger partial charge in [-0.05, 0) is 72.2 Å². The highest BCUT2D eigenvalue weighted by atomic mass is 32.2. The summed E-state index contributed by atoms with van der Waals surface area (Å²) in [6.45, 7) is 6.01. The summed E-state index contributed by atoms with van der Waals surface area (Å²) in [5.41, 5.74) is 3.73. The van der Waals surface area contributed by atoms with Crippen molar-refractivity contribution < 1.29 is 28.2 Å². The Kier molecular flexibility index (Phi) is 7.16. The van der Waals surface area contributed by atoms with Gasteiger partial charge in [0.1, 0.15) is 12.4 Å². The van der Waals surface area contributed by atoms with E-state index in [1.807, 2.05) is 26.8 Å². The second-order valence-electron chi connectivity index (χ2n) is 9.04. The molecule has 10 heteroatoms. The van der Waals surface area contributed by atoms with Gasteiger partial charge in [0.25, 0.3) is 10.0 Å². The summed E-state index contributed by atoms with van der Waals surface area (Å²) in [5, 5.41) is 21.3. The number of fused-ring (bicyclic) bond motifs is 1. The molecule has 2 aromatic carbocycles. The van der Waals surface area contributed by atoms with E-state index in [0.717, 1.165) is 28.0 Å². The van der Waals surface area contributed by atoms with Crippen LogP contribution < -0.4 is 9.04 Å². The van der Waals surface area contributed by atoms with E-state index in [0.29, 0.717) is 29.8 Å². The van der Waals surface area contributed by atoms with Crippen LogP contribution in [0.5, 0.6) is 5.75 Å². The number of sulfonamides is 1. The molecule has 0 saturated heterocycles. The zero-order chi connectivity index (χ0) is 25.3. The van der Waals surface area contributed by atoms with E-state index in [-0.39, 0.29) is 29.0 Å². The minimum atomic E-state index is -3.96. The molecular formula is C25H28N2O6S2. The Morgan fingerprint density at radius 1 is 1.29 bits per heavy atom. The fourth-order valence-corrected chi connectivity index (χ4v) is 6.71. The van der Waals surface area contributed by atoms with Crippen LogP contribution >= 0.6 is 11.3 Å². The van der Waals surface area contributed by atoms with E-state index in [1.165, 1.54) is 16.6 Å². The minimum absolute atomic E-state index is 0.00903. The number of carbonyl (C=O) groups is 1. The zero-order valence-electron chi connectivity index (χ0n) is 19.8. The van der Waals surface area contributed by atoms with E-state index in [4.69, 9.17) is 4.74 Å². The number of carboxylic acid groups (broad SMARTS) is 1. The zero-order valence-corrected chi connectivity index (χ0v) is 21.4. The molecule has 4 rings (SSSR count). The third-order valence-electron chi connectivity index (χ3n) is 5.96. The predicted octanol–water partition coefficient (Wildman–Crippen LogP) is 4.56. The van der Waals surface area contributed by atoms with Crippen molar-refractivity contribution in [2.75, 3.05) is 10.8 Å². The van der Waals surface area contributed by atoms with Crippen LogP contribution in [-0.2, 0) is 23.1 Å². The first-order chi connectivity index (χ1) is 16.6. The summed E-state index contributed by atoms with van der Waals surface area (Å²) in [7, 11) is -3.96. The fourth-order valence-electron chi connectivity index (χ4n) is 4.15. The number of aliphatic hydroxyl groups excluding tert-OH is 1. The van der Waals surface area contributed by atoms with Crippen LogP contribution in [0.15, 0.2) is 46.2 Å². The van der Waals surface area contributed by atoms with E-state index in [9.17, 15) is 23.4 Å².